The Balaban J connectivity index is 1.43. The largest absolute Gasteiger partial charge is 0.310 e. The third-order valence-electron chi connectivity index (χ3n) is 6.85. The van der Waals surface area contributed by atoms with E-state index in [2.05, 4.69) is 26.8 Å². The molecule has 3 N–H and O–H groups in total. The number of para-hydroxylation sites is 1. The minimum Gasteiger partial charge on any atom is -0.310 e. The maximum atomic E-state index is 13.1. The lowest BCUT2D eigenvalue weighted by atomic mass is 9.99. The summed E-state index contributed by atoms with van der Waals surface area (Å²) in [6.07, 6.45) is 6.33. The molecule has 0 unspecified atom stereocenters. The fourth-order valence-electron chi connectivity index (χ4n) is 4.92. The molecule has 1 aliphatic rings. The number of benzene rings is 2. The number of hydrogen-bond acceptors (Lipinski definition) is 6. The molecule has 3 aromatic rings. The summed E-state index contributed by atoms with van der Waals surface area (Å²) in [5, 5.41) is 7.54. The van der Waals surface area contributed by atoms with Crippen LogP contribution in [0.5, 0.6) is 0 Å². The average molecular weight is 580 g/mol. The standard InChI is InChI=1S/C26H34ClN5O4S2/c1-18(16-20-8-4-5-9-20)28-17-21-10-6-7-11-24(21)31-37(33,34)23-14-12-22(13-15-23)30-38(35,36)25-19(2)29-32(3)26(25)27/h6-7,10-15,18,20,28,30-31H,4-5,8-9,16-17H2,1-3H3/t18-/m0/s1. The highest BCUT2D eigenvalue weighted by Gasteiger charge is 2.26. The van der Waals surface area contributed by atoms with E-state index >= 15 is 0 Å². The summed E-state index contributed by atoms with van der Waals surface area (Å²) in [5.41, 5.74) is 1.81. The highest BCUT2D eigenvalue weighted by atomic mass is 35.5. The van der Waals surface area contributed by atoms with Crippen LogP contribution in [0.2, 0.25) is 5.15 Å². The lowest BCUT2D eigenvalue weighted by Crippen LogP contribution is -2.28. The molecule has 1 fully saturated rings. The Morgan fingerprint density at radius 3 is 2.29 bits per heavy atom. The van der Waals surface area contributed by atoms with E-state index in [0.29, 0.717) is 18.3 Å². The van der Waals surface area contributed by atoms with E-state index in [-0.39, 0.29) is 26.3 Å². The normalized spacial score (nSPS) is 15.5. The maximum Gasteiger partial charge on any atom is 0.266 e. The fraction of sp³-hybridized carbons (Fsp3) is 0.423. The lowest BCUT2D eigenvalue weighted by Gasteiger charge is -2.19. The molecule has 1 atom stereocenters. The van der Waals surface area contributed by atoms with Crippen molar-refractivity contribution in [2.24, 2.45) is 13.0 Å². The van der Waals surface area contributed by atoms with Crippen LogP contribution < -0.4 is 14.8 Å². The summed E-state index contributed by atoms with van der Waals surface area (Å²) in [6.45, 7) is 4.26. The Kier molecular flexibility index (Phi) is 8.71. The van der Waals surface area contributed by atoms with Crippen LogP contribution in [0.15, 0.2) is 58.3 Å². The van der Waals surface area contributed by atoms with E-state index in [9.17, 15) is 16.8 Å². The van der Waals surface area contributed by atoms with Crippen LogP contribution in [0.25, 0.3) is 0 Å². The summed E-state index contributed by atoms with van der Waals surface area (Å²) in [6, 6.07) is 13.1. The number of halogens is 1. The van der Waals surface area contributed by atoms with E-state index in [1.807, 2.05) is 12.1 Å². The first-order valence-corrected chi connectivity index (χ1v) is 16.0. The molecular formula is C26H34ClN5O4S2. The second-order valence-corrected chi connectivity index (χ2v) is 13.5. The summed E-state index contributed by atoms with van der Waals surface area (Å²) < 4.78 is 58.3. The molecule has 0 radical (unpaired) electrons. The van der Waals surface area contributed by atoms with E-state index < -0.39 is 20.0 Å². The zero-order valence-electron chi connectivity index (χ0n) is 21.7. The number of rotatable bonds is 11. The summed E-state index contributed by atoms with van der Waals surface area (Å²) in [5.74, 6) is 0.768. The third kappa shape index (κ3) is 6.69. The van der Waals surface area contributed by atoms with Gasteiger partial charge >= 0.3 is 0 Å². The van der Waals surface area contributed by atoms with Crippen molar-refractivity contribution >= 4 is 43.0 Å². The Labute approximate surface area is 230 Å². The van der Waals surface area contributed by atoms with Gasteiger partial charge in [-0.3, -0.25) is 14.1 Å². The van der Waals surface area contributed by atoms with Gasteiger partial charge in [0.2, 0.25) is 0 Å². The Morgan fingerprint density at radius 1 is 1.00 bits per heavy atom. The van der Waals surface area contributed by atoms with Crippen molar-refractivity contribution in [3.8, 4) is 0 Å². The first-order chi connectivity index (χ1) is 18.0. The van der Waals surface area contributed by atoms with Crippen LogP contribution in [0, 0.1) is 12.8 Å². The molecule has 206 valence electrons. The average Bonchev–Trinajstić information content (AvgIpc) is 3.45. The van der Waals surface area contributed by atoms with Gasteiger partial charge < -0.3 is 5.32 Å². The van der Waals surface area contributed by atoms with Crippen LogP contribution in [-0.2, 0) is 33.6 Å². The first kappa shape index (κ1) is 28.4. The van der Waals surface area contributed by atoms with Crippen molar-refractivity contribution in [1.82, 2.24) is 15.1 Å². The van der Waals surface area contributed by atoms with Gasteiger partial charge in [-0.15, -0.1) is 0 Å². The number of nitrogens with one attached hydrogen (secondary N) is 3. The number of aryl methyl sites for hydroxylation is 2. The minimum absolute atomic E-state index is 0.00778. The highest BCUT2D eigenvalue weighted by molar-refractivity contribution is 7.93. The number of nitrogens with zero attached hydrogens (tertiary/aromatic N) is 2. The number of anilines is 2. The molecule has 0 saturated heterocycles. The molecule has 0 amide bonds. The molecule has 38 heavy (non-hydrogen) atoms. The molecule has 9 nitrogen and oxygen atoms in total. The first-order valence-electron chi connectivity index (χ1n) is 12.6. The Bertz CT molecular complexity index is 1480. The molecule has 12 heteroatoms. The molecule has 1 heterocycles. The molecule has 0 bridgehead atoms. The van der Waals surface area contributed by atoms with E-state index in [4.69, 9.17) is 11.6 Å². The monoisotopic (exact) mass is 579 g/mol. The van der Waals surface area contributed by atoms with Gasteiger partial charge in [-0.25, -0.2) is 16.8 Å². The topological polar surface area (TPSA) is 122 Å². The molecular weight excluding hydrogens is 546 g/mol. The smallest absolute Gasteiger partial charge is 0.266 e. The predicted octanol–water partition coefficient (Wildman–Crippen LogP) is 5.04. The van der Waals surface area contributed by atoms with Gasteiger partial charge in [-0.2, -0.15) is 5.10 Å². The van der Waals surface area contributed by atoms with Crippen molar-refractivity contribution in [3.05, 3.63) is 64.9 Å². The molecule has 4 rings (SSSR count). The van der Waals surface area contributed by atoms with Crippen LogP contribution in [-0.4, -0.2) is 32.7 Å². The van der Waals surface area contributed by atoms with E-state index in [1.165, 1.54) is 54.6 Å². The maximum absolute atomic E-state index is 13.1. The van der Waals surface area contributed by atoms with Crippen LogP contribution >= 0.6 is 11.6 Å². The van der Waals surface area contributed by atoms with Crippen LogP contribution in [0.1, 0.15) is 50.3 Å². The van der Waals surface area contributed by atoms with Gasteiger partial charge in [0.05, 0.1) is 16.3 Å². The predicted molar refractivity (Wildman–Crippen MR) is 150 cm³/mol. The number of hydrogen-bond donors (Lipinski definition) is 3. The van der Waals surface area contributed by atoms with Gasteiger partial charge in [0.1, 0.15) is 10.0 Å². The summed E-state index contributed by atoms with van der Waals surface area (Å²) in [4.78, 5) is -0.115. The van der Waals surface area contributed by atoms with Crippen molar-refractivity contribution in [2.75, 3.05) is 9.44 Å². The van der Waals surface area contributed by atoms with Crippen LogP contribution in [0.3, 0.4) is 0 Å². The Morgan fingerprint density at radius 2 is 1.66 bits per heavy atom. The zero-order valence-corrected chi connectivity index (χ0v) is 24.1. The Hall–Kier alpha value is -2.60. The molecule has 1 saturated carbocycles. The molecule has 1 aromatic heterocycles. The second-order valence-electron chi connectivity index (χ2n) is 9.89. The summed E-state index contributed by atoms with van der Waals surface area (Å²) in [7, 11) is -6.37. The van der Waals surface area contributed by atoms with Gasteiger partial charge in [0, 0.05) is 25.3 Å². The van der Waals surface area contributed by atoms with Crippen LogP contribution in [0.4, 0.5) is 11.4 Å². The van der Waals surface area contributed by atoms with E-state index in [1.54, 1.807) is 26.1 Å². The van der Waals surface area contributed by atoms with Crippen molar-refractivity contribution in [3.63, 3.8) is 0 Å². The fourth-order valence-corrected chi connectivity index (χ4v) is 7.83. The second kappa shape index (κ2) is 11.6. The number of sulfonamides is 2. The SMILES string of the molecule is Cc1nn(C)c(Cl)c1S(=O)(=O)Nc1ccc(S(=O)(=O)Nc2ccccc2CN[C@@H](C)CC2CCCC2)cc1. The van der Waals surface area contributed by atoms with E-state index in [0.717, 1.165) is 17.9 Å². The van der Waals surface area contributed by atoms with Crippen molar-refractivity contribution < 1.29 is 16.8 Å². The van der Waals surface area contributed by atoms with Gasteiger partial charge in [0.15, 0.2) is 0 Å². The molecule has 0 spiro atoms. The van der Waals surface area contributed by atoms with Gasteiger partial charge in [0.25, 0.3) is 20.0 Å². The summed E-state index contributed by atoms with van der Waals surface area (Å²) >= 11 is 6.11. The highest BCUT2D eigenvalue weighted by Crippen LogP contribution is 2.29. The van der Waals surface area contributed by atoms with Crippen molar-refractivity contribution in [1.29, 1.82) is 0 Å². The number of aromatic nitrogens is 2. The molecule has 0 aliphatic heterocycles. The molecule has 2 aromatic carbocycles. The zero-order chi connectivity index (χ0) is 27.5. The lowest BCUT2D eigenvalue weighted by molar-refractivity contribution is 0.404. The molecule has 1 aliphatic carbocycles. The van der Waals surface area contributed by atoms with Gasteiger partial charge in [-0.05, 0) is 62.1 Å². The minimum atomic E-state index is -4.01. The van der Waals surface area contributed by atoms with Crippen molar-refractivity contribution in [2.45, 2.75) is 68.3 Å². The quantitative estimate of drug-likeness (QED) is 0.292. The third-order valence-corrected chi connectivity index (χ3v) is 10.3. The van der Waals surface area contributed by atoms with Gasteiger partial charge in [-0.1, -0.05) is 55.5 Å².